The summed E-state index contributed by atoms with van der Waals surface area (Å²) in [5.74, 6) is -2.44. The monoisotopic (exact) mass is 268 g/mol. The van der Waals surface area contributed by atoms with Crippen molar-refractivity contribution in [3.63, 3.8) is 0 Å². The third-order valence-electron chi connectivity index (χ3n) is 1.78. The van der Waals surface area contributed by atoms with Gasteiger partial charge in [-0.1, -0.05) is 0 Å². The Balaban J connectivity index is 3.23. The minimum atomic E-state index is -5.12. The van der Waals surface area contributed by atoms with Gasteiger partial charge < -0.3 is 9.84 Å². The minimum Gasteiger partial charge on any atom is -0.503 e. The van der Waals surface area contributed by atoms with Crippen molar-refractivity contribution in [2.24, 2.45) is 0 Å². The van der Waals surface area contributed by atoms with Gasteiger partial charge in [-0.3, -0.25) is 0 Å². The first kappa shape index (κ1) is 14.0. The van der Waals surface area contributed by atoms with Gasteiger partial charge in [0.15, 0.2) is 5.75 Å². The summed E-state index contributed by atoms with van der Waals surface area (Å²) in [5.41, 5.74) is -1.40. The molecule has 9 heteroatoms. The molecule has 0 bridgehead atoms. The van der Waals surface area contributed by atoms with Crippen molar-refractivity contribution < 1.29 is 31.8 Å². The van der Waals surface area contributed by atoms with Crippen LogP contribution in [-0.2, 0) is 6.42 Å². The highest BCUT2D eigenvalue weighted by Crippen LogP contribution is 2.34. The van der Waals surface area contributed by atoms with E-state index in [9.17, 15) is 22.0 Å². The molecule has 1 aromatic heterocycles. The molecule has 0 aliphatic heterocycles. The zero-order chi connectivity index (χ0) is 13.9. The summed E-state index contributed by atoms with van der Waals surface area (Å²) >= 11 is 0. The Morgan fingerprint density at radius 2 is 2.06 bits per heavy atom. The summed E-state index contributed by atoms with van der Waals surface area (Å²) in [6, 6.07) is 1.87. The first-order chi connectivity index (χ1) is 8.24. The molecule has 0 aliphatic carbocycles. The highest BCUT2D eigenvalue weighted by molar-refractivity contribution is 5.40. The van der Waals surface area contributed by atoms with Crippen LogP contribution >= 0.6 is 0 Å². The fourth-order valence-corrected chi connectivity index (χ4v) is 1.13. The lowest BCUT2D eigenvalue weighted by Gasteiger charge is -2.12. The summed E-state index contributed by atoms with van der Waals surface area (Å²) < 4.78 is 64.0. The molecule has 0 aromatic carbocycles. The van der Waals surface area contributed by atoms with Crippen LogP contribution in [0.4, 0.5) is 22.0 Å². The molecule has 1 N–H and O–H groups in total. The second kappa shape index (κ2) is 5.03. The third-order valence-corrected chi connectivity index (χ3v) is 1.78. The lowest BCUT2D eigenvalue weighted by Crippen LogP contribution is -2.18. The van der Waals surface area contributed by atoms with E-state index in [0.29, 0.717) is 6.07 Å². The predicted molar refractivity (Wildman–Crippen MR) is 46.9 cm³/mol. The Morgan fingerprint density at radius 3 is 2.50 bits per heavy atom. The van der Waals surface area contributed by atoms with Gasteiger partial charge in [0.1, 0.15) is 0 Å². The quantitative estimate of drug-likeness (QED) is 0.856. The molecule has 0 radical (unpaired) electrons. The van der Waals surface area contributed by atoms with Crippen molar-refractivity contribution in [3.8, 4) is 17.7 Å². The number of aromatic nitrogens is 1. The molecule has 98 valence electrons. The number of rotatable bonds is 3. The molecule has 0 saturated heterocycles. The number of aromatic hydroxyl groups is 1. The third kappa shape index (κ3) is 3.44. The van der Waals surface area contributed by atoms with Crippen molar-refractivity contribution in [1.29, 1.82) is 5.26 Å². The van der Waals surface area contributed by atoms with Crippen molar-refractivity contribution in [2.45, 2.75) is 19.2 Å². The number of ether oxygens (including phenoxy) is 1. The molecule has 0 fully saturated rings. The van der Waals surface area contributed by atoms with Crippen LogP contribution in [0.5, 0.6) is 11.6 Å². The molecule has 0 atom stereocenters. The van der Waals surface area contributed by atoms with E-state index >= 15 is 0 Å². The van der Waals surface area contributed by atoms with E-state index in [1.54, 1.807) is 0 Å². The van der Waals surface area contributed by atoms with Gasteiger partial charge in [-0.2, -0.15) is 5.26 Å². The van der Waals surface area contributed by atoms with E-state index < -0.39 is 42.1 Å². The molecule has 1 heterocycles. The van der Waals surface area contributed by atoms with Crippen molar-refractivity contribution >= 4 is 0 Å². The first-order valence-corrected chi connectivity index (χ1v) is 4.38. The van der Waals surface area contributed by atoms with E-state index in [1.165, 1.54) is 6.07 Å². The molecule has 0 amide bonds. The highest BCUT2D eigenvalue weighted by Gasteiger charge is 2.34. The number of pyridine rings is 1. The van der Waals surface area contributed by atoms with Crippen LogP contribution in [0.15, 0.2) is 6.07 Å². The smallest absolute Gasteiger partial charge is 0.503 e. The molecule has 4 nitrogen and oxygen atoms in total. The van der Waals surface area contributed by atoms with Gasteiger partial charge in [0.2, 0.25) is 0 Å². The van der Waals surface area contributed by atoms with Crippen LogP contribution in [0, 0.1) is 11.3 Å². The van der Waals surface area contributed by atoms with Gasteiger partial charge in [0, 0.05) is 5.56 Å². The maximum Gasteiger partial charge on any atom is 0.574 e. The Labute approximate surface area is 97.2 Å². The number of halogens is 5. The number of hydrogen-bond donors (Lipinski definition) is 1. The number of nitrogens with zero attached hydrogens (tertiary/aromatic N) is 2. The topological polar surface area (TPSA) is 66.1 Å². The van der Waals surface area contributed by atoms with Gasteiger partial charge in [-0.25, -0.2) is 13.8 Å². The zero-order valence-corrected chi connectivity index (χ0v) is 8.50. The summed E-state index contributed by atoms with van der Waals surface area (Å²) in [6.07, 6.45) is -8.83. The van der Waals surface area contributed by atoms with Crippen LogP contribution in [0.3, 0.4) is 0 Å². The highest BCUT2D eigenvalue weighted by atomic mass is 19.4. The van der Waals surface area contributed by atoms with Crippen molar-refractivity contribution in [3.05, 3.63) is 17.3 Å². The van der Waals surface area contributed by atoms with Gasteiger partial charge >= 0.3 is 6.36 Å². The fourth-order valence-electron chi connectivity index (χ4n) is 1.13. The maximum atomic E-state index is 12.5. The molecule has 0 saturated carbocycles. The molecule has 18 heavy (non-hydrogen) atoms. The summed E-state index contributed by atoms with van der Waals surface area (Å²) in [5, 5.41) is 17.5. The largest absolute Gasteiger partial charge is 0.574 e. The van der Waals surface area contributed by atoms with E-state index in [4.69, 9.17) is 10.4 Å². The van der Waals surface area contributed by atoms with E-state index in [2.05, 4.69) is 9.72 Å². The maximum absolute atomic E-state index is 12.5. The van der Waals surface area contributed by atoms with Crippen LogP contribution in [0.2, 0.25) is 0 Å². The van der Waals surface area contributed by atoms with Crippen LogP contribution in [0.25, 0.3) is 0 Å². The standard InChI is InChI=1S/C9H5F5N2O2/c10-7(11)4-3-6(17)8(18-9(12,13)14)16-5(4)1-2-15/h3,7,17H,1H2. The Bertz CT molecular complexity index is 481. The average molecular weight is 268 g/mol. The molecule has 0 spiro atoms. The Hall–Kier alpha value is -2.11. The molecule has 1 aromatic rings. The van der Waals surface area contributed by atoms with E-state index in [1.807, 2.05) is 0 Å². The molecule has 1 rings (SSSR count). The first-order valence-electron chi connectivity index (χ1n) is 4.38. The van der Waals surface area contributed by atoms with E-state index in [0.717, 1.165) is 0 Å². The van der Waals surface area contributed by atoms with Gasteiger partial charge in [-0.15, -0.1) is 13.2 Å². The molecule has 0 unspecified atom stereocenters. The number of alkyl halides is 5. The fraction of sp³-hybridized carbons (Fsp3) is 0.333. The average Bonchev–Trinajstić information content (AvgIpc) is 2.20. The van der Waals surface area contributed by atoms with Crippen LogP contribution in [-0.4, -0.2) is 16.5 Å². The molecular formula is C9H5F5N2O2. The summed E-state index contributed by atoms with van der Waals surface area (Å²) in [6.45, 7) is 0. The minimum absolute atomic E-state index is 0.394. The SMILES string of the molecule is N#CCc1nc(OC(F)(F)F)c(O)cc1C(F)F. The summed E-state index contributed by atoms with van der Waals surface area (Å²) in [7, 11) is 0. The second-order valence-electron chi connectivity index (χ2n) is 3.03. The molecule has 0 aliphatic rings. The van der Waals surface area contributed by atoms with Crippen molar-refractivity contribution in [1.82, 2.24) is 4.98 Å². The predicted octanol–water partition coefficient (Wildman–Crippen LogP) is 2.69. The van der Waals surface area contributed by atoms with Crippen LogP contribution < -0.4 is 4.74 Å². The van der Waals surface area contributed by atoms with Crippen LogP contribution in [0.1, 0.15) is 17.7 Å². The Kier molecular flexibility index (Phi) is 3.90. The second-order valence-corrected chi connectivity index (χ2v) is 3.03. The lowest BCUT2D eigenvalue weighted by molar-refractivity contribution is -0.276. The van der Waals surface area contributed by atoms with E-state index in [-0.39, 0.29) is 0 Å². The van der Waals surface area contributed by atoms with Gasteiger partial charge in [0.05, 0.1) is 18.2 Å². The Morgan fingerprint density at radius 1 is 1.44 bits per heavy atom. The lowest BCUT2D eigenvalue weighted by atomic mass is 10.1. The zero-order valence-electron chi connectivity index (χ0n) is 8.50. The van der Waals surface area contributed by atoms with Gasteiger partial charge in [0.25, 0.3) is 12.3 Å². The number of nitriles is 1. The molecular weight excluding hydrogens is 263 g/mol. The van der Waals surface area contributed by atoms with Gasteiger partial charge in [-0.05, 0) is 6.07 Å². The number of hydrogen-bond acceptors (Lipinski definition) is 4. The summed E-state index contributed by atoms with van der Waals surface area (Å²) in [4.78, 5) is 3.07. The normalized spacial score (nSPS) is 11.4. The van der Waals surface area contributed by atoms with Crippen molar-refractivity contribution in [2.75, 3.05) is 0 Å².